The third-order valence-electron chi connectivity index (χ3n) is 4.68. The van der Waals surface area contributed by atoms with Crippen LogP contribution in [0.15, 0.2) is 29.8 Å². The fourth-order valence-electron chi connectivity index (χ4n) is 3.40. The minimum atomic E-state index is -0.447. The Balaban J connectivity index is 2.29. The summed E-state index contributed by atoms with van der Waals surface area (Å²) in [6.07, 6.45) is 4.31. The van der Waals surface area contributed by atoms with Gasteiger partial charge >= 0.3 is 0 Å². The van der Waals surface area contributed by atoms with Gasteiger partial charge in [0.05, 0.1) is 5.52 Å². The zero-order chi connectivity index (χ0) is 18.1. The largest absolute Gasteiger partial charge is 0.313 e. The molecule has 5 nitrogen and oxygen atoms in total. The molecule has 1 aromatic carbocycles. The van der Waals surface area contributed by atoms with Gasteiger partial charge in [0.2, 0.25) is 11.8 Å². The number of imide groups is 1. The smallest absolute Gasteiger partial charge is 0.249 e. The standard InChI is InChI=1S/C20H23N3O2/c1-5-14-15-11-13(12(3)4)7-8-16(15)23(19(14)21-6-2)17-9-10-18(24)22-20(17)25/h5-8,11-12,17H,1,9-10H2,2-4H3,(H,22,24,25)/b21-6-. The number of aliphatic imine (C=N–C) groups is 1. The quantitative estimate of drug-likeness (QED) is 0.674. The number of piperidine rings is 1. The van der Waals surface area contributed by atoms with Crippen LogP contribution >= 0.6 is 0 Å². The SMILES string of the molecule is C=Cc1c(/N=C\C)n(C2CCC(=O)NC2=O)c2ccc(C(C)C)cc12. The molecule has 0 saturated carbocycles. The molecule has 1 unspecified atom stereocenters. The van der Waals surface area contributed by atoms with Gasteiger partial charge in [-0.15, -0.1) is 0 Å². The summed E-state index contributed by atoms with van der Waals surface area (Å²) in [6.45, 7) is 10.1. The van der Waals surface area contributed by atoms with E-state index in [2.05, 4.69) is 42.9 Å². The highest BCUT2D eigenvalue weighted by atomic mass is 16.2. The number of carbonyl (C=O) groups is 2. The van der Waals surface area contributed by atoms with Crippen molar-refractivity contribution < 1.29 is 9.59 Å². The molecule has 130 valence electrons. The lowest BCUT2D eigenvalue weighted by molar-refractivity contribution is -0.135. The molecule has 2 amide bonds. The predicted molar refractivity (Wildman–Crippen MR) is 101 cm³/mol. The molecule has 1 saturated heterocycles. The van der Waals surface area contributed by atoms with E-state index < -0.39 is 6.04 Å². The number of nitrogens with zero attached hydrogens (tertiary/aromatic N) is 2. The lowest BCUT2D eigenvalue weighted by Crippen LogP contribution is -2.41. The summed E-state index contributed by atoms with van der Waals surface area (Å²) in [6, 6.07) is 5.82. The minimum absolute atomic E-state index is 0.218. The summed E-state index contributed by atoms with van der Waals surface area (Å²) in [7, 11) is 0. The lowest BCUT2D eigenvalue weighted by Gasteiger charge is -2.24. The van der Waals surface area contributed by atoms with E-state index in [1.54, 1.807) is 12.3 Å². The van der Waals surface area contributed by atoms with Gasteiger partial charge in [0.1, 0.15) is 11.9 Å². The fraction of sp³-hybridized carbons (Fsp3) is 0.350. The number of nitrogens with one attached hydrogen (secondary N) is 1. The van der Waals surface area contributed by atoms with Crippen LogP contribution in [0.1, 0.15) is 56.7 Å². The van der Waals surface area contributed by atoms with Gasteiger partial charge in [-0.2, -0.15) is 0 Å². The van der Waals surface area contributed by atoms with Crippen LogP contribution in [0.3, 0.4) is 0 Å². The average molecular weight is 337 g/mol. The van der Waals surface area contributed by atoms with Crippen LogP contribution in [0.4, 0.5) is 5.82 Å². The zero-order valence-electron chi connectivity index (χ0n) is 14.9. The van der Waals surface area contributed by atoms with E-state index in [-0.39, 0.29) is 11.8 Å². The second kappa shape index (κ2) is 6.67. The first-order valence-corrected chi connectivity index (χ1v) is 8.60. The highest BCUT2D eigenvalue weighted by Gasteiger charge is 2.31. The molecule has 1 aliphatic heterocycles. The Morgan fingerprint density at radius 1 is 1.36 bits per heavy atom. The van der Waals surface area contributed by atoms with Crippen molar-refractivity contribution in [3.8, 4) is 0 Å². The van der Waals surface area contributed by atoms with Crippen molar-refractivity contribution in [1.29, 1.82) is 0 Å². The Morgan fingerprint density at radius 2 is 2.12 bits per heavy atom. The third-order valence-corrected chi connectivity index (χ3v) is 4.68. The maximum Gasteiger partial charge on any atom is 0.249 e. The number of benzene rings is 1. The minimum Gasteiger partial charge on any atom is -0.313 e. The second-order valence-electron chi connectivity index (χ2n) is 6.60. The predicted octanol–water partition coefficient (Wildman–Crippen LogP) is 4.11. The first-order valence-electron chi connectivity index (χ1n) is 8.60. The number of aromatic nitrogens is 1. The Kier molecular flexibility index (Phi) is 4.57. The summed E-state index contributed by atoms with van der Waals surface area (Å²) in [4.78, 5) is 28.5. The van der Waals surface area contributed by atoms with E-state index in [0.717, 1.165) is 16.5 Å². The normalized spacial score (nSPS) is 18.3. The van der Waals surface area contributed by atoms with Gasteiger partial charge in [-0.1, -0.05) is 32.6 Å². The molecule has 3 rings (SSSR count). The zero-order valence-corrected chi connectivity index (χ0v) is 14.9. The van der Waals surface area contributed by atoms with Crippen LogP contribution < -0.4 is 5.32 Å². The van der Waals surface area contributed by atoms with E-state index in [1.807, 2.05) is 17.6 Å². The highest BCUT2D eigenvalue weighted by molar-refractivity contribution is 6.02. The maximum atomic E-state index is 12.4. The van der Waals surface area contributed by atoms with Crippen molar-refractivity contribution in [2.45, 2.75) is 45.6 Å². The molecule has 1 aromatic heterocycles. The van der Waals surface area contributed by atoms with Crippen LogP contribution in [-0.4, -0.2) is 22.6 Å². The average Bonchev–Trinajstić information content (AvgIpc) is 2.87. The molecule has 1 atom stereocenters. The van der Waals surface area contributed by atoms with Gasteiger partial charge in [0.25, 0.3) is 0 Å². The van der Waals surface area contributed by atoms with Crippen molar-refractivity contribution >= 4 is 40.8 Å². The second-order valence-corrected chi connectivity index (χ2v) is 6.60. The number of amides is 2. The first kappa shape index (κ1) is 17.1. The van der Waals surface area contributed by atoms with Gasteiger partial charge in [0.15, 0.2) is 0 Å². The summed E-state index contributed by atoms with van der Waals surface area (Å²) in [5.74, 6) is 0.621. The molecule has 0 bridgehead atoms. The van der Waals surface area contributed by atoms with Crippen LogP contribution in [0, 0.1) is 0 Å². The Labute approximate surface area is 147 Å². The summed E-state index contributed by atoms with van der Waals surface area (Å²) in [5.41, 5.74) is 3.08. The number of hydrogen-bond donors (Lipinski definition) is 1. The van der Waals surface area contributed by atoms with Crippen molar-refractivity contribution in [1.82, 2.24) is 9.88 Å². The van der Waals surface area contributed by atoms with Crippen molar-refractivity contribution in [3.63, 3.8) is 0 Å². The molecule has 2 aromatic rings. The lowest BCUT2D eigenvalue weighted by atomic mass is 10.00. The molecule has 2 heterocycles. The molecule has 0 spiro atoms. The Morgan fingerprint density at radius 3 is 2.72 bits per heavy atom. The van der Waals surface area contributed by atoms with Crippen LogP contribution in [0.2, 0.25) is 0 Å². The summed E-state index contributed by atoms with van der Waals surface area (Å²) >= 11 is 0. The highest BCUT2D eigenvalue weighted by Crippen LogP contribution is 2.39. The van der Waals surface area contributed by atoms with Gasteiger partial charge in [-0.05, 0) is 37.0 Å². The monoisotopic (exact) mass is 337 g/mol. The van der Waals surface area contributed by atoms with Crippen LogP contribution in [0.5, 0.6) is 0 Å². The van der Waals surface area contributed by atoms with Gasteiger partial charge in [-0.3, -0.25) is 14.9 Å². The Bertz CT molecular complexity index is 890. The van der Waals surface area contributed by atoms with Crippen molar-refractivity contribution in [2.75, 3.05) is 0 Å². The molecule has 0 aliphatic carbocycles. The number of rotatable bonds is 4. The maximum absolute atomic E-state index is 12.4. The number of fused-ring (bicyclic) bond motifs is 1. The Hall–Kier alpha value is -2.69. The molecule has 0 radical (unpaired) electrons. The van der Waals surface area contributed by atoms with E-state index >= 15 is 0 Å². The van der Waals surface area contributed by atoms with Crippen LogP contribution in [0.25, 0.3) is 17.0 Å². The van der Waals surface area contributed by atoms with Gasteiger partial charge in [0, 0.05) is 23.6 Å². The van der Waals surface area contributed by atoms with E-state index in [4.69, 9.17) is 0 Å². The third kappa shape index (κ3) is 2.90. The summed E-state index contributed by atoms with van der Waals surface area (Å²) in [5, 5.41) is 3.48. The van der Waals surface area contributed by atoms with E-state index in [9.17, 15) is 9.59 Å². The van der Waals surface area contributed by atoms with E-state index in [1.165, 1.54) is 5.56 Å². The molecule has 1 N–H and O–H groups in total. The van der Waals surface area contributed by atoms with Crippen molar-refractivity contribution in [2.24, 2.45) is 4.99 Å². The van der Waals surface area contributed by atoms with Gasteiger partial charge < -0.3 is 4.57 Å². The fourth-order valence-corrected chi connectivity index (χ4v) is 3.40. The molecular weight excluding hydrogens is 314 g/mol. The van der Waals surface area contributed by atoms with Gasteiger partial charge in [-0.25, -0.2) is 4.99 Å². The van der Waals surface area contributed by atoms with Crippen molar-refractivity contribution in [3.05, 3.63) is 35.9 Å². The topological polar surface area (TPSA) is 63.5 Å². The van der Waals surface area contributed by atoms with Crippen LogP contribution in [-0.2, 0) is 9.59 Å². The molecule has 1 aliphatic rings. The molecular formula is C20H23N3O2. The summed E-state index contributed by atoms with van der Waals surface area (Å²) < 4.78 is 1.94. The molecule has 25 heavy (non-hydrogen) atoms. The number of carbonyl (C=O) groups excluding carboxylic acids is 2. The molecule has 1 fully saturated rings. The van der Waals surface area contributed by atoms with E-state index in [0.29, 0.717) is 24.6 Å². The number of hydrogen-bond acceptors (Lipinski definition) is 3. The molecule has 5 heteroatoms. The first-order chi connectivity index (χ1) is 12.0.